The number of hydrogen-bond donors (Lipinski definition) is 0. The van der Waals surface area contributed by atoms with Gasteiger partial charge in [0.05, 0.1) is 6.04 Å². The third kappa shape index (κ3) is 2.02. The number of rotatable bonds is 2. The molecule has 0 spiro atoms. The van der Waals surface area contributed by atoms with Crippen molar-refractivity contribution in [3.8, 4) is 0 Å². The molecule has 1 aliphatic rings. The largest absolute Gasteiger partial charge is 0.335 e. The van der Waals surface area contributed by atoms with Crippen molar-refractivity contribution in [2.24, 2.45) is 0 Å². The molecule has 0 radical (unpaired) electrons. The van der Waals surface area contributed by atoms with E-state index >= 15 is 0 Å². The number of aryl methyl sites for hydroxylation is 2. The van der Waals surface area contributed by atoms with Crippen LogP contribution in [0.2, 0.25) is 0 Å². The van der Waals surface area contributed by atoms with Gasteiger partial charge in [-0.25, -0.2) is 0 Å². The van der Waals surface area contributed by atoms with Crippen LogP contribution in [0.3, 0.4) is 0 Å². The van der Waals surface area contributed by atoms with Crippen molar-refractivity contribution >= 4 is 5.91 Å². The summed E-state index contributed by atoms with van der Waals surface area (Å²) in [7, 11) is 0. The Balaban J connectivity index is 2.19. The second-order valence-electron chi connectivity index (χ2n) is 4.51. The van der Waals surface area contributed by atoms with E-state index in [4.69, 9.17) is 0 Å². The summed E-state index contributed by atoms with van der Waals surface area (Å²) < 4.78 is 1.73. The summed E-state index contributed by atoms with van der Waals surface area (Å²) in [6.45, 7) is 8.41. The maximum atomic E-state index is 11.9. The smallest absolute Gasteiger partial charge is 0.253 e. The summed E-state index contributed by atoms with van der Waals surface area (Å²) in [5.41, 5.74) is 1.85. The zero-order chi connectivity index (χ0) is 12.6. The number of carbonyl (C=O) groups excluding carboxylic acids is 1. The fourth-order valence-electron chi connectivity index (χ4n) is 2.13. The van der Waals surface area contributed by atoms with Crippen LogP contribution in [0, 0.1) is 13.8 Å². The molecule has 0 atom stereocenters. The molecule has 1 saturated heterocycles. The summed E-state index contributed by atoms with van der Waals surface area (Å²) in [4.78, 5) is 24.9. The fourth-order valence-corrected chi connectivity index (χ4v) is 2.13. The number of aromatic nitrogens is 1. The van der Waals surface area contributed by atoms with Crippen molar-refractivity contribution in [2.75, 3.05) is 13.1 Å². The molecule has 1 fully saturated rings. The van der Waals surface area contributed by atoms with E-state index in [2.05, 4.69) is 6.58 Å². The molecule has 0 saturated carbocycles. The predicted octanol–water partition coefficient (Wildman–Crippen LogP) is 1.03. The standard InChI is InChI=1S/C13H16N2O2/c1-4-12(16)14-7-11(8-14)15-6-9(2)5-10(3)13(15)17/h4-6,11H,1,7-8H2,2-3H3. The van der Waals surface area contributed by atoms with E-state index in [0.29, 0.717) is 13.1 Å². The minimum atomic E-state index is -0.0707. The van der Waals surface area contributed by atoms with Crippen LogP contribution in [0.15, 0.2) is 29.7 Å². The zero-order valence-corrected chi connectivity index (χ0v) is 10.1. The topological polar surface area (TPSA) is 42.3 Å². The van der Waals surface area contributed by atoms with Crippen molar-refractivity contribution in [2.45, 2.75) is 19.9 Å². The predicted molar refractivity (Wildman–Crippen MR) is 66.0 cm³/mol. The second-order valence-corrected chi connectivity index (χ2v) is 4.51. The van der Waals surface area contributed by atoms with Crippen molar-refractivity contribution in [3.63, 3.8) is 0 Å². The Hall–Kier alpha value is -1.84. The molecule has 1 aromatic rings. The van der Waals surface area contributed by atoms with Gasteiger partial charge in [-0.15, -0.1) is 0 Å². The van der Waals surface area contributed by atoms with Gasteiger partial charge in [-0.1, -0.05) is 6.58 Å². The Bertz CT molecular complexity index is 525. The van der Waals surface area contributed by atoms with Gasteiger partial charge in [0.2, 0.25) is 5.91 Å². The van der Waals surface area contributed by atoms with Gasteiger partial charge < -0.3 is 9.47 Å². The first kappa shape index (κ1) is 11.6. The third-order valence-corrected chi connectivity index (χ3v) is 3.10. The lowest BCUT2D eigenvalue weighted by Crippen LogP contribution is -2.52. The lowest BCUT2D eigenvalue weighted by atomic mass is 10.1. The first-order valence-electron chi connectivity index (χ1n) is 5.63. The average Bonchev–Trinajstić information content (AvgIpc) is 2.22. The van der Waals surface area contributed by atoms with Gasteiger partial charge in [-0.05, 0) is 31.6 Å². The van der Waals surface area contributed by atoms with E-state index < -0.39 is 0 Å². The van der Waals surface area contributed by atoms with Gasteiger partial charge in [0.15, 0.2) is 0 Å². The fraction of sp³-hybridized carbons (Fsp3) is 0.385. The molecule has 0 bridgehead atoms. The highest BCUT2D eigenvalue weighted by Crippen LogP contribution is 2.20. The number of hydrogen-bond acceptors (Lipinski definition) is 2. The van der Waals surface area contributed by atoms with Crippen molar-refractivity contribution < 1.29 is 4.79 Å². The summed E-state index contributed by atoms with van der Waals surface area (Å²) >= 11 is 0. The zero-order valence-electron chi connectivity index (χ0n) is 10.1. The van der Waals surface area contributed by atoms with Gasteiger partial charge in [-0.2, -0.15) is 0 Å². The first-order valence-corrected chi connectivity index (χ1v) is 5.63. The van der Waals surface area contributed by atoms with Crippen LogP contribution in [-0.4, -0.2) is 28.5 Å². The van der Waals surface area contributed by atoms with Crippen LogP contribution in [0.25, 0.3) is 0 Å². The lowest BCUT2D eigenvalue weighted by Gasteiger charge is -2.39. The van der Waals surface area contributed by atoms with E-state index in [0.717, 1.165) is 11.1 Å². The van der Waals surface area contributed by atoms with Crippen molar-refractivity contribution in [3.05, 3.63) is 46.4 Å². The monoisotopic (exact) mass is 232 g/mol. The van der Waals surface area contributed by atoms with Crippen LogP contribution in [-0.2, 0) is 4.79 Å². The number of carbonyl (C=O) groups is 1. The molecule has 1 aromatic heterocycles. The highest BCUT2D eigenvalue weighted by atomic mass is 16.2. The molecule has 1 amide bonds. The summed E-state index contributed by atoms with van der Waals surface area (Å²) in [5.74, 6) is -0.0707. The van der Waals surface area contributed by atoms with Crippen molar-refractivity contribution in [1.29, 1.82) is 0 Å². The van der Waals surface area contributed by atoms with Gasteiger partial charge in [-0.3, -0.25) is 9.59 Å². The van der Waals surface area contributed by atoms with Crippen LogP contribution < -0.4 is 5.56 Å². The SMILES string of the molecule is C=CC(=O)N1CC(n2cc(C)cc(C)c2=O)C1. The third-order valence-electron chi connectivity index (χ3n) is 3.10. The molecule has 17 heavy (non-hydrogen) atoms. The van der Waals surface area contributed by atoms with E-state index in [1.807, 2.05) is 26.1 Å². The highest BCUT2D eigenvalue weighted by molar-refractivity contribution is 5.87. The molecule has 0 aliphatic carbocycles. The molecular formula is C13H16N2O2. The van der Waals surface area contributed by atoms with Gasteiger partial charge in [0, 0.05) is 24.8 Å². The van der Waals surface area contributed by atoms with Crippen LogP contribution in [0.5, 0.6) is 0 Å². The quantitative estimate of drug-likeness (QED) is 0.715. The molecule has 2 heterocycles. The van der Waals surface area contributed by atoms with Crippen molar-refractivity contribution in [1.82, 2.24) is 9.47 Å². The van der Waals surface area contributed by atoms with Crippen LogP contribution in [0.4, 0.5) is 0 Å². The van der Waals surface area contributed by atoms with Crippen LogP contribution >= 0.6 is 0 Å². The van der Waals surface area contributed by atoms with E-state index in [1.165, 1.54) is 6.08 Å². The molecule has 1 aliphatic heterocycles. The molecular weight excluding hydrogens is 216 g/mol. The molecule has 0 unspecified atom stereocenters. The highest BCUT2D eigenvalue weighted by Gasteiger charge is 2.31. The molecule has 0 N–H and O–H groups in total. The normalized spacial score (nSPS) is 15.5. The molecule has 4 nitrogen and oxygen atoms in total. The van der Waals surface area contributed by atoms with Gasteiger partial charge >= 0.3 is 0 Å². The minimum absolute atomic E-state index is 0.0336. The first-order chi connectivity index (χ1) is 8.02. The maximum absolute atomic E-state index is 11.9. The Morgan fingerprint density at radius 3 is 2.71 bits per heavy atom. The Labute approximate surface area is 100 Å². The Kier molecular flexibility index (Phi) is 2.88. The number of pyridine rings is 1. The van der Waals surface area contributed by atoms with E-state index in [1.54, 1.807) is 9.47 Å². The van der Waals surface area contributed by atoms with Gasteiger partial charge in [0.1, 0.15) is 0 Å². The van der Waals surface area contributed by atoms with E-state index in [9.17, 15) is 9.59 Å². The number of nitrogens with zero attached hydrogens (tertiary/aromatic N) is 2. The Morgan fingerprint density at radius 1 is 1.47 bits per heavy atom. The summed E-state index contributed by atoms with van der Waals surface area (Å²) in [6, 6.07) is 1.98. The molecule has 0 aromatic carbocycles. The van der Waals surface area contributed by atoms with Gasteiger partial charge in [0.25, 0.3) is 5.56 Å². The summed E-state index contributed by atoms with van der Waals surface area (Å²) in [5, 5.41) is 0. The molecule has 90 valence electrons. The molecule has 2 rings (SSSR count). The lowest BCUT2D eigenvalue weighted by molar-refractivity contribution is -0.131. The maximum Gasteiger partial charge on any atom is 0.253 e. The number of likely N-dealkylation sites (tertiary alicyclic amines) is 1. The second kappa shape index (κ2) is 4.20. The Morgan fingerprint density at radius 2 is 2.12 bits per heavy atom. The average molecular weight is 232 g/mol. The number of amides is 1. The van der Waals surface area contributed by atoms with E-state index in [-0.39, 0.29) is 17.5 Å². The van der Waals surface area contributed by atoms with Crippen LogP contribution in [0.1, 0.15) is 17.2 Å². The summed E-state index contributed by atoms with van der Waals surface area (Å²) in [6.07, 6.45) is 3.16. The minimum Gasteiger partial charge on any atom is -0.335 e. The molecule has 4 heteroatoms.